The highest BCUT2D eigenvalue weighted by molar-refractivity contribution is 8.27. The third-order valence-corrected chi connectivity index (χ3v) is 4.36. The number of rotatable bonds is 2. The van der Waals surface area contributed by atoms with E-state index in [0.717, 1.165) is 0 Å². The Kier molecular flexibility index (Phi) is 4.40. The number of halogens is 2. The van der Waals surface area contributed by atoms with Gasteiger partial charge in [-0.15, -0.1) is 0 Å². The second-order valence-corrected chi connectivity index (χ2v) is 6.55. The maximum atomic E-state index is 12.3. The number of nitrogens with zero attached hydrogens (tertiary/aromatic N) is 2. The summed E-state index contributed by atoms with van der Waals surface area (Å²) < 4.78 is 0.483. The Labute approximate surface area is 131 Å². The quantitative estimate of drug-likeness (QED) is 0.607. The largest absolute Gasteiger partial charge is 0.382 e. The fourth-order valence-electron chi connectivity index (χ4n) is 1.54. The highest BCUT2D eigenvalue weighted by atomic mass is 35.5. The summed E-state index contributed by atoms with van der Waals surface area (Å²) in [4.78, 5) is 16.1. The molecule has 2 rings (SSSR count). The first-order chi connectivity index (χ1) is 8.90. The van der Waals surface area contributed by atoms with Crippen molar-refractivity contribution in [3.63, 3.8) is 0 Å². The van der Waals surface area contributed by atoms with Gasteiger partial charge in [-0.3, -0.25) is 9.69 Å². The van der Waals surface area contributed by atoms with Gasteiger partial charge < -0.3 is 4.90 Å². The predicted molar refractivity (Wildman–Crippen MR) is 85.9 cm³/mol. The van der Waals surface area contributed by atoms with Crippen LogP contribution < -0.4 is 4.90 Å². The van der Waals surface area contributed by atoms with Crippen molar-refractivity contribution in [2.75, 3.05) is 19.0 Å². The van der Waals surface area contributed by atoms with Crippen LogP contribution >= 0.6 is 47.2 Å². The van der Waals surface area contributed by atoms with Crippen molar-refractivity contribution >= 4 is 63.1 Å². The van der Waals surface area contributed by atoms with Gasteiger partial charge in [0.1, 0.15) is 0 Å². The molecule has 1 saturated heterocycles. The van der Waals surface area contributed by atoms with Crippen LogP contribution in [0.1, 0.15) is 0 Å². The van der Waals surface area contributed by atoms with Gasteiger partial charge in [-0.1, -0.05) is 47.2 Å². The lowest BCUT2D eigenvalue weighted by molar-refractivity contribution is -0.113. The number of carbonyl (C=O) groups excluding carboxylic acids is 1. The summed E-state index contributed by atoms with van der Waals surface area (Å²) >= 11 is 18.3. The lowest BCUT2D eigenvalue weighted by Gasteiger charge is -2.15. The smallest absolute Gasteiger partial charge is 0.272 e. The van der Waals surface area contributed by atoms with E-state index in [0.29, 0.717) is 25.0 Å². The zero-order chi connectivity index (χ0) is 14.2. The van der Waals surface area contributed by atoms with Gasteiger partial charge >= 0.3 is 0 Å². The van der Waals surface area contributed by atoms with Crippen LogP contribution in [0.2, 0.25) is 10.0 Å². The first kappa shape index (κ1) is 14.7. The number of hydrogen-bond acceptors (Lipinski definition) is 4. The van der Waals surface area contributed by atoms with Gasteiger partial charge in [0.05, 0.1) is 20.6 Å². The van der Waals surface area contributed by atoms with Crippen molar-refractivity contribution < 1.29 is 4.79 Å². The Morgan fingerprint density at radius 2 is 2.00 bits per heavy atom. The number of thiocarbonyl (C=S) groups is 1. The van der Waals surface area contributed by atoms with Gasteiger partial charge in [0.25, 0.3) is 5.91 Å². The van der Waals surface area contributed by atoms with Crippen LogP contribution in [0.3, 0.4) is 0 Å². The fourth-order valence-corrected chi connectivity index (χ4v) is 3.20. The first-order valence-electron chi connectivity index (χ1n) is 5.29. The first-order valence-corrected chi connectivity index (χ1v) is 7.28. The normalized spacial score (nSPS) is 17.5. The van der Waals surface area contributed by atoms with E-state index in [1.807, 2.05) is 14.1 Å². The van der Waals surface area contributed by atoms with E-state index in [9.17, 15) is 4.79 Å². The van der Waals surface area contributed by atoms with Crippen LogP contribution in [0, 0.1) is 0 Å². The molecule has 1 aromatic carbocycles. The molecule has 1 aromatic rings. The van der Waals surface area contributed by atoms with E-state index >= 15 is 0 Å². The number of carbonyl (C=O) groups is 1. The second-order valence-electron chi connectivity index (χ2n) is 4.06. The third kappa shape index (κ3) is 3.05. The van der Waals surface area contributed by atoms with Crippen LogP contribution in [0.15, 0.2) is 29.3 Å². The van der Waals surface area contributed by atoms with Crippen molar-refractivity contribution in [1.82, 2.24) is 4.90 Å². The van der Waals surface area contributed by atoms with Crippen LogP contribution in [0.5, 0.6) is 0 Å². The van der Waals surface area contributed by atoms with Gasteiger partial charge in [0.15, 0.2) is 4.32 Å². The molecule has 0 bridgehead atoms. The molecule has 0 atom stereocenters. The molecule has 0 radical (unpaired) electrons. The Morgan fingerprint density at radius 1 is 1.32 bits per heavy atom. The number of anilines is 1. The van der Waals surface area contributed by atoms with Crippen LogP contribution in [-0.4, -0.2) is 29.2 Å². The van der Waals surface area contributed by atoms with Gasteiger partial charge in [-0.2, -0.15) is 0 Å². The number of amides is 1. The molecule has 1 aliphatic rings. The Morgan fingerprint density at radius 3 is 2.58 bits per heavy atom. The highest BCUT2D eigenvalue weighted by Crippen LogP contribution is 2.36. The summed E-state index contributed by atoms with van der Waals surface area (Å²) in [5.74, 6) is -0.151. The molecule has 1 aliphatic heterocycles. The van der Waals surface area contributed by atoms with Crippen LogP contribution in [0.25, 0.3) is 0 Å². The summed E-state index contributed by atoms with van der Waals surface area (Å²) in [6.07, 6.45) is 1.75. The molecular formula is C12H10Cl2N2OS2. The predicted octanol–water partition coefficient (Wildman–Crippen LogP) is 3.76. The third-order valence-electron chi connectivity index (χ3n) is 2.33. The molecule has 0 aliphatic carbocycles. The van der Waals surface area contributed by atoms with Crippen molar-refractivity contribution in [3.05, 3.63) is 39.3 Å². The standard InChI is InChI=1S/C12H10Cl2N2OS2/c1-15(2)6-10-11(17)16(12(18)19-10)7-3-4-8(13)9(14)5-7/h3-6H,1-2H3/b10-6+. The zero-order valence-corrected chi connectivity index (χ0v) is 13.3. The van der Waals surface area contributed by atoms with Gasteiger partial charge in [0.2, 0.25) is 0 Å². The van der Waals surface area contributed by atoms with Gasteiger partial charge in [-0.25, -0.2) is 0 Å². The van der Waals surface area contributed by atoms with E-state index in [-0.39, 0.29) is 5.91 Å². The summed E-state index contributed by atoms with van der Waals surface area (Å²) in [5, 5.41) is 0.837. The summed E-state index contributed by atoms with van der Waals surface area (Å²) in [6, 6.07) is 5.00. The molecule has 0 spiro atoms. The molecule has 0 aromatic heterocycles. The van der Waals surface area contributed by atoms with Crippen molar-refractivity contribution in [2.24, 2.45) is 0 Å². The van der Waals surface area contributed by atoms with Gasteiger partial charge in [-0.05, 0) is 18.2 Å². The van der Waals surface area contributed by atoms with E-state index in [2.05, 4.69) is 0 Å². The lowest BCUT2D eigenvalue weighted by Crippen LogP contribution is -2.27. The molecule has 0 N–H and O–H groups in total. The fraction of sp³-hybridized carbons (Fsp3) is 0.167. The maximum absolute atomic E-state index is 12.3. The van der Waals surface area contributed by atoms with E-state index < -0.39 is 0 Å². The van der Waals surface area contributed by atoms with E-state index in [1.165, 1.54) is 16.7 Å². The average molecular weight is 333 g/mol. The Hall–Kier alpha value is -0.750. The van der Waals surface area contributed by atoms with Crippen LogP contribution in [-0.2, 0) is 4.79 Å². The minimum Gasteiger partial charge on any atom is -0.382 e. The summed E-state index contributed by atoms with van der Waals surface area (Å²) in [6.45, 7) is 0. The average Bonchev–Trinajstić information content (AvgIpc) is 2.58. The van der Waals surface area contributed by atoms with Crippen molar-refractivity contribution in [1.29, 1.82) is 0 Å². The summed E-state index contributed by atoms with van der Waals surface area (Å²) in [7, 11) is 3.71. The molecule has 100 valence electrons. The molecule has 19 heavy (non-hydrogen) atoms. The topological polar surface area (TPSA) is 23.6 Å². The number of thioether (sulfide) groups is 1. The second kappa shape index (κ2) is 5.71. The lowest BCUT2D eigenvalue weighted by atomic mass is 10.3. The molecule has 1 amide bonds. The maximum Gasteiger partial charge on any atom is 0.272 e. The molecule has 0 saturated carbocycles. The molecular weight excluding hydrogens is 323 g/mol. The van der Waals surface area contributed by atoms with Crippen LogP contribution in [0.4, 0.5) is 5.69 Å². The molecule has 1 heterocycles. The molecule has 3 nitrogen and oxygen atoms in total. The number of benzene rings is 1. The van der Waals surface area contributed by atoms with Crippen molar-refractivity contribution in [2.45, 2.75) is 0 Å². The highest BCUT2D eigenvalue weighted by Gasteiger charge is 2.33. The summed E-state index contributed by atoms with van der Waals surface area (Å²) in [5.41, 5.74) is 0.624. The molecule has 7 heteroatoms. The van der Waals surface area contributed by atoms with Gasteiger partial charge in [0, 0.05) is 20.3 Å². The Balaban J connectivity index is 2.38. The monoisotopic (exact) mass is 332 g/mol. The zero-order valence-electron chi connectivity index (χ0n) is 10.2. The SMILES string of the molecule is CN(C)/C=C1/SC(=S)N(c2ccc(Cl)c(Cl)c2)C1=O. The van der Waals surface area contributed by atoms with E-state index in [1.54, 1.807) is 29.3 Å². The molecule has 1 fully saturated rings. The molecule has 0 unspecified atom stereocenters. The Bertz CT molecular complexity index is 587. The number of hydrogen-bond donors (Lipinski definition) is 0. The van der Waals surface area contributed by atoms with Crippen molar-refractivity contribution in [3.8, 4) is 0 Å². The van der Waals surface area contributed by atoms with E-state index in [4.69, 9.17) is 35.4 Å². The minimum absolute atomic E-state index is 0.151. The minimum atomic E-state index is -0.151.